The predicted molar refractivity (Wildman–Crippen MR) is 129 cm³/mol. The second kappa shape index (κ2) is 10.9. The van der Waals surface area contributed by atoms with E-state index in [0.717, 1.165) is 21.4 Å². The summed E-state index contributed by atoms with van der Waals surface area (Å²) in [5.74, 6) is -0.538. The Bertz CT molecular complexity index is 1130. The van der Waals surface area contributed by atoms with Crippen molar-refractivity contribution in [2.75, 3.05) is 43.9 Å². The molecule has 1 fully saturated rings. The number of nitrogens with one attached hydrogen (secondary N) is 1. The van der Waals surface area contributed by atoms with Gasteiger partial charge in [0.25, 0.3) is 5.91 Å². The molecule has 7 nitrogen and oxygen atoms in total. The molecular weight excluding hydrogens is 438 g/mol. The molecule has 1 N–H and O–H groups in total. The number of hydrogen-bond donors (Lipinski definition) is 1. The predicted octanol–water partition coefficient (Wildman–Crippen LogP) is 3.85. The number of fused-ring (bicyclic) bond motifs is 1. The number of anilines is 1. The highest BCUT2D eigenvalue weighted by Gasteiger charge is 2.24. The van der Waals surface area contributed by atoms with Crippen LogP contribution in [0.25, 0.3) is 10.8 Å². The summed E-state index contributed by atoms with van der Waals surface area (Å²) in [4.78, 5) is 41.1. The molecule has 1 aliphatic heterocycles. The number of ether oxygens (including phenoxy) is 1. The van der Waals surface area contributed by atoms with Gasteiger partial charge in [-0.15, -0.1) is 11.8 Å². The first-order chi connectivity index (χ1) is 16.1. The Balaban J connectivity index is 1.17. The monoisotopic (exact) mass is 463 g/mol. The first-order valence-electron chi connectivity index (χ1n) is 10.7. The number of benzene rings is 3. The SMILES string of the molecule is O=C(CSc1ccc2ccccc2c1)OCC(=O)N1CCN(C(=O)Nc2ccccc2)CC1. The molecule has 0 radical (unpaired) electrons. The summed E-state index contributed by atoms with van der Waals surface area (Å²) in [5, 5.41) is 5.10. The Morgan fingerprint density at radius 2 is 1.48 bits per heavy atom. The maximum atomic E-state index is 12.4. The molecule has 1 saturated heterocycles. The van der Waals surface area contributed by atoms with Crippen LogP contribution in [0.15, 0.2) is 77.7 Å². The lowest BCUT2D eigenvalue weighted by Gasteiger charge is -2.34. The number of rotatable bonds is 6. The zero-order valence-corrected chi connectivity index (χ0v) is 18.9. The summed E-state index contributed by atoms with van der Waals surface area (Å²) in [6.45, 7) is 1.38. The summed E-state index contributed by atoms with van der Waals surface area (Å²) in [6, 6.07) is 23.1. The molecule has 0 aromatic heterocycles. The maximum Gasteiger partial charge on any atom is 0.321 e. The zero-order valence-electron chi connectivity index (χ0n) is 18.1. The largest absolute Gasteiger partial charge is 0.455 e. The van der Waals surface area contributed by atoms with Crippen LogP contribution in [0, 0.1) is 0 Å². The number of nitrogens with zero attached hydrogens (tertiary/aromatic N) is 2. The van der Waals surface area contributed by atoms with Crippen molar-refractivity contribution in [2.45, 2.75) is 4.90 Å². The van der Waals surface area contributed by atoms with Crippen LogP contribution in [0.5, 0.6) is 0 Å². The van der Waals surface area contributed by atoms with E-state index in [0.29, 0.717) is 26.2 Å². The minimum absolute atomic E-state index is 0.138. The topological polar surface area (TPSA) is 79.0 Å². The molecule has 0 spiro atoms. The number of thioether (sulfide) groups is 1. The third kappa shape index (κ3) is 6.26. The lowest BCUT2D eigenvalue weighted by atomic mass is 10.1. The molecule has 3 amide bonds. The molecule has 0 unspecified atom stereocenters. The van der Waals surface area contributed by atoms with Crippen LogP contribution in [-0.4, -0.2) is 66.2 Å². The van der Waals surface area contributed by atoms with Crippen LogP contribution in [0.1, 0.15) is 0 Å². The van der Waals surface area contributed by atoms with Gasteiger partial charge in [-0.2, -0.15) is 0 Å². The molecule has 33 heavy (non-hydrogen) atoms. The number of para-hydroxylation sites is 1. The van der Waals surface area contributed by atoms with Gasteiger partial charge in [0, 0.05) is 36.8 Å². The number of carbonyl (C=O) groups excluding carboxylic acids is 3. The van der Waals surface area contributed by atoms with E-state index in [1.54, 1.807) is 9.80 Å². The van der Waals surface area contributed by atoms with Gasteiger partial charge in [0.1, 0.15) is 0 Å². The van der Waals surface area contributed by atoms with Gasteiger partial charge in [-0.05, 0) is 35.0 Å². The summed E-state index contributed by atoms with van der Waals surface area (Å²) in [6.07, 6.45) is 0. The number of urea groups is 1. The van der Waals surface area contributed by atoms with Crippen molar-refractivity contribution in [3.8, 4) is 0 Å². The number of esters is 1. The van der Waals surface area contributed by atoms with Crippen LogP contribution < -0.4 is 5.32 Å². The van der Waals surface area contributed by atoms with Gasteiger partial charge in [0.15, 0.2) is 6.61 Å². The second-order valence-electron chi connectivity index (χ2n) is 7.62. The van der Waals surface area contributed by atoms with Crippen LogP contribution in [0.2, 0.25) is 0 Å². The van der Waals surface area contributed by atoms with Gasteiger partial charge in [0.05, 0.1) is 5.75 Å². The molecule has 1 heterocycles. The molecule has 0 saturated carbocycles. The van der Waals surface area contributed by atoms with Gasteiger partial charge >= 0.3 is 12.0 Å². The van der Waals surface area contributed by atoms with Crippen molar-refractivity contribution < 1.29 is 19.1 Å². The quantitative estimate of drug-likeness (QED) is 0.444. The van der Waals surface area contributed by atoms with E-state index in [4.69, 9.17) is 4.74 Å². The average Bonchev–Trinajstić information content (AvgIpc) is 2.86. The highest BCUT2D eigenvalue weighted by molar-refractivity contribution is 8.00. The van der Waals surface area contributed by atoms with E-state index in [1.807, 2.05) is 72.8 Å². The van der Waals surface area contributed by atoms with Crippen molar-refractivity contribution in [3.63, 3.8) is 0 Å². The molecule has 4 rings (SSSR count). The zero-order chi connectivity index (χ0) is 23.0. The van der Waals surface area contributed by atoms with Crippen molar-refractivity contribution in [3.05, 3.63) is 72.8 Å². The molecule has 0 bridgehead atoms. The third-order valence-electron chi connectivity index (χ3n) is 5.38. The van der Waals surface area contributed by atoms with Gasteiger partial charge in [-0.25, -0.2) is 4.79 Å². The average molecular weight is 464 g/mol. The number of carbonyl (C=O) groups is 3. The first kappa shape index (κ1) is 22.7. The first-order valence-corrected chi connectivity index (χ1v) is 11.7. The van der Waals surface area contributed by atoms with E-state index in [-0.39, 0.29) is 24.3 Å². The Kier molecular flexibility index (Phi) is 7.47. The highest BCUT2D eigenvalue weighted by atomic mass is 32.2. The van der Waals surface area contributed by atoms with Crippen molar-refractivity contribution >= 4 is 46.1 Å². The van der Waals surface area contributed by atoms with E-state index < -0.39 is 5.97 Å². The minimum Gasteiger partial charge on any atom is -0.455 e. The molecular formula is C25H25N3O4S. The van der Waals surface area contributed by atoms with Crippen molar-refractivity contribution in [2.24, 2.45) is 0 Å². The molecule has 1 aliphatic rings. The Hall–Kier alpha value is -3.52. The number of amides is 3. The van der Waals surface area contributed by atoms with Crippen LogP contribution in [0.4, 0.5) is 10.5 Å². The van der Waals surface area contributed by atoms with Crippen molar-refractivity contribution in [1.29, 1.82) is 0 Å². The fraction of sp³-hybridized carbons (Fsp3) is 0.240. The summed E-state index contributed by atoms with van der Waals surface area (Å²) in [7, 11) is 0. The van der Waals surface area contributed by atoms with Crippen LogP contribution in [-0.2, 0) is 14.3 Å². The Morgan fingerprint density at radius 3 is 2.24 bits per heavy atom. The van der Waals surface area contributed by atoms with Crippen LogP contribution >= 0.6 is 11.8 Å². The molecule has 170 valence electrons. The van der Waals surface area contributed by atoms with Gasteiger partial charge < -0.3 is 19.9 Å². The summed E-state index contributed by atoms with van der Waals surface area (Å²) in [5.41, 5.74) is 0.731. The Morgan fingerprint density at radius 1 is 0.818 bits per heavy atom. The molecule has 8 heteroatoms. The van der Waals surface area contributed by atoms with Gasteiger partial charge in [-0.3, -0.25) is 9.59 Å². The fourth-order valence-electron chi connectivity index (χ4n) is 3.56. The number of hydrogen-bond acceptors (Lipinski definition) is 5. The molecule has 3 aromatic rings. The Labute approximate surface area is 196 Å². The van der Waals surface area contributed by atoms with Crippen molar-refractivity contribution in [1.82, 2.24) is 9.80 Å². The smallest absolute Gasteiger partial charge is 0.321 e. The normalized spacial score (nSPS) is 13.6. The molecule has 0 aliphatic carbocycles. The maximum absolute atomic E-state index is 12.4. The minimum atomic E-state index is -0.428. The standard InChI is InChI=1S/C25H25N3O4S/c29-23(27-12-14-28(15-13-27)25(31)26-21-8-2-1-3-9-21)17-32-24(30)18-33-22-11-10-19-6-4-5-7-20(19)16-22/h1-11,16H,12-15,17-18H2,(H,26,31). The molecule has 0 atom stereocenters. The highest BCUT2D eigenvalue weighted by Crippen LogP contribution is 2.23. The molecule has 3 aromatic carbocycles. The fourth-order valence-corrected chi connectivity index (χ4v) is 4.30. The summed E-state index contributed by atoms with van der Waals surface area (Å²) < 4.78 is 5.18. The summed E-state index contributed by atoms with van der Waals surface area (Å²) >= 11 is 1.38. The lowest BCUT2D eigenvalue weighted by molar-refractivity contribution is -0.150. The number of piperazine rings is 1. The second-order valence-corrected chi connectivity index (χ2v) is 8.67. The lowest BCUT2D eigenvalue weighted by Crippen LogP contribution is -2.52. The third-order valence-corrected chi connectivity index (χ3v) is 6.35. The van der Waals surface area contributed by atoms with Crippen LogP contribution in [0.3, 0.4) is 0 Å². The van der Waals surface area contributed by atoms with Gasteiger partial charge in [0.2, 0.25) is 0 Å². The van der Waals surface area contributed by atoms with E-state index in [1.165, 1.54) is 11.8 Å². The van der Waals surface area contributed by atoms with E-state index in [9.17, 15) is 14.4 Å². The van der Waals surface area contributed by atoms with E-state index in [2.05, 4.69) is 5.32 Å². The van der Waals surface area contributed by atoms with Gasteiger partial charge in [-0.1, -0.05) is 48.5 Å². The van der Waals surface area contributed by atoms with E-state index >= 15 is 0 Å².